The molecular weight excluding hydrogens is 372 g/mol. The average molecular weight is 400 g/mol. The average Bonchev–Trinajstić information content (AvgIpc) is 2.69. The molecule has 0 aliphatic heterocycles. The molecule has 0 saturated carbocycles. The van der Waals surface area contributed by atoms with E-state index in [-0.39, 0.29) is 18.4 Å². The lowest BCUT2D eigenvalue weighted by molar-refractivity contribution is -0.141. The number of para-hydroxylation sites is 1. The van der Waals surface area contributed by atoms with Crippen LogP contribution >= 0.6 is 0 Å². The zero-order valence-corrected chi connectivity index (χ0v) is 16.8. The highest BCUT2D eigenvalue weighted by Crippen LogP contribution is 2.22. The smallest absolute Gasteiger partial charge is 0.321 e. The van der Waals surface area contributed by atoms with Crippen LogP contribution in [0.1, 0.15) is 26.7 Å². The number of carbonyl (C=O) groups is 2. The van der Waals surface area contributed by atoms with Gasteiger partial charge in [0, 0.05) is 12.3 Å². The molecule has 156 valence electrons. The van der Waals surface area contributed by atoms with Gasteiger partial charge in [0.25, 0.3) is 0 Å². The summed E-state index contributed by atoms with van der Waals surface area (Å²) in [5.74, 6) is -0.0713. The number of carbonyl (C=O) groups excluding carboxylic acids is 1. The van der Waals surface area contributed by atoms with Gasteiger partial charge in [0.2, 0.25) is 5.91 Å². The van der Waals surface area contributed by atoms with E-state index in [1.54, 1.807) is 24.3 Å². The maximum atomic E-state index is 12.2. The number of anilines is 1. The van der Waals surface area contributed by atoms with Crippen molar-refractivity contribution >= 4 is 17.6 Å². The third-order valence-electron chi connectivity index (χ3n) is 3.97. The Bertz CT molecular complexity index is 763. The van der Waals surface area contributed by atoms with E-state index in [0.717, 1.165) is 5.75 Å². The lowest BCUT2D eigenvalue weighted by Gasteiger charge is -2.15. The highest BCUT2D eigenvalue weighted by molar-refractivity contribution is 5.94. The van der Waals surface area contributed by atoms with Crippen LogP contribution in [0.4, 0.5) is 5.69 Å². The molecule has 0 aliphatic rings. The number of amides is 1. The van der Waals surface area contributed by atoms with Gasteiger partial charge in [-0.1, -0.05) is 18.2 Å². The third kappa shape index (κ3) is 8.76. The number of rotatable bonds is 12. The number of hydrogen-bond donors (Lipinski definition) is 3. The molecular formula is C22H28N2O5. The molecule has 1 atom stereocenters. The summed E-state index contributed by atoms with van der Waals surface area (Å²) in [6.45, 7) is 4.89. The van der Waals surface area contributed by atoms with Crippen molar-refractivity contribution < 1.29 is 24.2 Å². The molecule has 2 aromatic rings. The van der Waals surface area contributed by atoms with Crippen molar-refractivity contribution in [2.45, 2.75) is 38.8 Å². The topological polar surface area (TPSA) is 96.9 Å². The molecule has 0 saturated heterocycles. The van der Waals surface area contributed by atoms with Crippen molar-refractivity contribution in [1.29, 1.82) is 0 Å². The summed E-state index contributed by atoms with van der Waals surface area (Å²) in [6, 6.07) is 15.3. The molecule has 7 nitrogen and oxygen atoms in total. The van der Waals surface area contributed by atoms with E-state index >= 15 is 0 Å². The molecule has 0 bridgehead atoms. The van der Waals surface area contributed by atoms with Gasteiger partial charge in [0.15, 0.2) is 0 Å². The highest BCUT2D eigenvalue weighted by Gasteiger charge is 2.20. The summed E-state index contributed by atoms with van der Waals surface area (Å²) in [4.78, 5) is 23.6. The van der Waals surface area contributed by atoms with E-state index in [0.29, 0.717) is 31.0 Å². The fourth-order valence-corrected chi connectivity index (χ4v) is 2.54. The zero-order valence-electron chi connectivity index (χ0n) is 16.8. The molecule has 0 heterocycles. The first-order valence-electron chi connectivity index (χ1n) is 9.64. The maximum Gasteiger partial charge on any atom is 0.321 e. The van der Waals surface area contributed by atoms with E-state index in [4.69, 9.17) is 9.47 Å². The van der Waals surface area contributed by atoms with E-state index < -0.39 is 12.0 Å². The predicted molar refractivity (Wildman–Crippen MR) is 111 cm³/mol. The summed E-state index contributed by atoms with van der Waals surface area (Å²) in [7, 11) is 0. The first-order chi connectivity index (χ1) is 13.9. The van der Waals surface area contributed by atoms with Crippen LogP contribution < -0.4 is 15.4 Å². The van der Waals surface area contributed by atoms with Crippen LogP contribution in [0.3, 0.4) is 0 Å². The molecule has 0 fully saturated rings. The van der Waals surface area contributed by atoms with Gasteiger partial charge in [0.05, 0.1) is 12.5 Å². The summed E-state index contributed by atoms with van der Waals surface area (Å²) >= 11 is 0. The zero-order chi connectivity index (χ0) is 21.1. The molecule has 0 aromatic heterocycles. The number of hydrogen-bond acceptors (Lipinski definition) is 5. The number of carboxylic acid groups (broad SMARTS) is 1. The highest BCUT2D eigenvalue weighted by atomic mass is 16.5. The summed E-state index contributed by atoms with van der Waals surface area (Å²) < 4.78 is 11.1. The Morgan fingerprint density at radius 1 is 1.00 bits per heavy atom. The first kappa shape index (κ1) is 22.4. The molecule has 7 heteroatoms. The molecule has 0 spiro atoms. The Morgan fingerprint density at radius 2 is 1.66 bits per heavy atom. The van der Waals surface area contributed by atoms with Crippen molar-refractivity contribution in [2.24, 2.45) is 0 Å². The Labute approximate surface area is 171 Å². The normalized spacial score (nSPS) is 11.8. The van der Waals surface area contributed by atoms with Crippen molar-refractivity contribution in [1.82, 2.24) is 5.32 Å². The summed E-state index contributed by atoms with van der Waals surface area (Å²) in [5, 5.41) is 14.9. The van der Waals surface area contributed by atoms with Gasteiger partial charge in [-0.05, 0) is 63.2 Å². The molecule has 3 N–H and O–H groups in total. The quantitative estimate of drug-likeness (QED) is 0.471. The lowest BCUT2D eigenvalue weighted by atomic mass is 10.2. The van der Waals surface area contributed by atoms with Crippen LogP contribution in [0, 0.1) is 0 Å². The monoisotopic (exact) mass is 400 g/mol. The Balaban J connectivity index is 1.79. The standard InChI is InChI=1S/C22H28N2O5/c1-16(2)28-14-6-13-23-20(22(26)27)15-21(25)24-17-9-11-19(12-10-17)29-18-7-4-3-5-8-18/h3-5,7-12,16,20,23H,6,13-15H2,1-2H3,(H,24,25)(H,26,27). The second kappa shape index (κ2) is 11.8. The largest absolute Gasteiger partial charge is 0.480 e. The van der Waals surface area contributed by atoms with Gasteiger partial charge in [-0.15, -0.1) is 0 Å². The summed E-state index contributed by atoms with van der Waals surface area (Å²) in [6.07, 6.45) is 0.648. The van der Waals surface area contributed by atoms with Crippen LogP contribution in [-0.4, -0.2) is 42.3 Å². The Morgan fingerprint density at radius 3 is 2.28 bits per heavy atom. The third-order valence-corrected chi connectivity index (χ3v) is 3.97. The molecule has 0 aliphatic carbocycles. The van der Waals surface area contributed by atoms with Crippen molar-refractivity contribution in [3.05, 3.63) is 54.6 Å². The second-order valence-electron chi connectivity index (χ2n) is 6.81. The molecule has 0 radical (unpaired) electrons. The SMILES string of the molecule is CC(C)OCCCNC(CC(=O)Nc1ccc(Oc2ccccc2)cc1)C(=O)O. The fraction of sp³-hybridized carbons (Fsp3) is 0.364. The predicted octanol–water partition coefficient (Wildman–Crippen LogP) is 3.67. The number of nitrogens with one attached hydrogen (secondary N) is 2. The van der Waals surface area contributed by atoms with Crippen LogP contribution in [-0.2, 0) is 14.3 Å². The number of aliphatic carboxylic acids is 1. The molecule has 1 amide bonds. The van der Waals surface area contributed by atoms with E-state index in [1.807, 2.05) is 44.2 Å². The molecule has 1 unspecified atom stereocenters. The first-order valence-corrected chi connectivity index (χ1v) is 9.64. The Kier molecular flexibility index (Phi) is 9.14. The van der Waals surface area contributed by atoms with Crippen LogP contribution in [0.15, 0.2) is 54.6 Å². The van der Waals surface area contributed by atoms with Crippen molar-refractivity contribution in [2.75, 3.05) is 18.5 Å². The van der Waals surface area contributed by atoms with Gasteiger partial charge in [0.1, 0.15) is 17.5 Å². The summed E-state index contributed by atoms with van der Waals surface area (Å²) in [5.41, 5.74) is 0.574. The number of carboxylic acids is 1. The maximum absolute atomic E-state index is 12.2. The number of ether oxygens (including phenoxy) is 2. The van der Waals surface area contributed by atoms with E-state index in [1.165, 1.54) is 0 Å². The van der Waals surface area contributed by atoms with Gasteiger partial charge >= 0.3 is 5.97 Å². The van der Waals surface area contributed by atoms with Crippen LogP contribution in [0.5, 0.6) is 11.5 Å². The van der Waals surface area contributed by atoms with Crippen molar-refractivity contribution in [3.8, 4) is 11.5 Å². The van der Waals surface area contributed by atoms with Crippen LogP contribution in [0.25, 0.3) is 0 Å². The van der Waals surface area contributed by atoms with Gasteiger partial charge in [-0.3, -0.25) is 9.59 Å². The van der Waals surface area contributed by atoms with Crippen LogP contribution in [0.2, 0.25) is 0 Å². The number of benzene rings is 2. The minimum atomic E-state index is -1.06. The lowest BCUT2D eigenvalue weighted by Crippen LogP contribution is -2.40. The Hall–Kier alpha value is -2.90. The van der Waals surface area contributed by atoms with Gasteiger partial charge in [-0.25, -0.2) is 0 Å². The van der Waals surface area contributed by atoms with Gasteiger partial charge < -0.3 is 25.2 Å². The fourth-order valence-electron chi connectivity index (χ4n) is 2.54. The van der Waals surface area contributed by atoms with E-state index in [2.05, 4.69) is 10.6 Å². The van der Waals surface area contributed by atoms with Crippen molar-refractivity contribution in [3.63, 3.8) is 0 Å². The molecule has 29 heavy (non-hydrogen) atoms. The second-order valence-corrected chi connectivity index (χ2v) is 6.81. The minimum Gasteiger partial charge on any atom is -0.480 e. The van der Waals surface area contributed by atoms with E-state index in [9.17, 15) is 14.7 Å². The molecule has 2 rings (SSSR count). The molecule has 2 aromatic carbocycles. The minimum absolute atomic E-state index is 0.139. The van der Waals surface area contributed by atoms with Gasteiger partial charge in [-0.2, -0.15) is 0 Å².